The van der Waals surface area contributed by atoms with Gasteiger partial charge in [0.25, 0.3) is 0 Å². The van der Waals surface area contributed by atoms with Gasteiger partial charge >= 0.3 is 0 Å². The number of rotatable bonds is 4. The van der Waals surface area contributed by atoms with Gasteiger partial charge in [-0.15, -0.1) is 11.3 Å². The number of anilines is 6. The Hall–Kier alpha value is -6.01. The van der Waals surface area contributed by atoms with Crippen LogP contribution in [0.3, 0.4) is 0 Å². The molecule has 0 atom stereocenters. The third-order valence-corrected chi connectivity index (χ3v) is 12.6. The van der Waals surface area contributed by atoms with Gasteiger partial charge in [-0.1, -0.05) is 111 Å². The van der Waals surface area contributed by atoms with Gasteiger partial charge in [-0.05, 0) is 84.1 Å². The number of thiophene rings is 1. The normalized spacial score (nSPS) is 12.8. The Bertz CT molecular complexity index is 3200. The highest BCUT2D eigenvalue weighted by Gasteiger charge is 2.32. The first kappa shape index (κ1) is 32.4. The fourth-order valence-corrected chi connectivity index (χ4v) is 9.86. The summed E-state index contributed by atoms with van der Waals surface area (Å²) in [7, 11) is 0. The maximum Gasteiger partial charge on any atom is 0.159 e. The number of fused-ring (bicyclic) bond motifs is 9. The number of hydrogen-bond donors (Lipinski definition) is 0. The van der Waals surface area contributed by atoms with Gasteiger partial charge in [-0.25, -0.2) is 0 Å². The summed E-state index contributed by atoms with van der Waals surface area (Å²) in [4.78, 5) is 4.70. The Balaban J connectivity index is 1.22. The van der Waals surface area contributed by atoms with Crippen molar-refractivity contribution >= 4 is 111 Å². The van der Waals surface area contributed by atoms with Crippen LogP contribution in [0.15, 0.2) is 149 Å². The zero-order valence-electron chi connectivity index (χ0n) is 30.9. The second-order valence-corrected chi connectivity index (χ2v) is 16.9. The molecule has 1 aliphatic rings. The number of benzene rings is 7. The van der Waals surface area contributed by atoms with Gasteiger partial charge in [-0.2, -0.15) is 0 Å². The molecule has 0 saturated heterocycles. The predicted octanol–water partition coefficient (Wildman–Crippen LogP) is 15.4. The van der Waals surface area contributed by atoms with E-state index < -0.39 is 0 Å². The van der Waals surface area contributed by atoms with Crippen molar-refractivity contribution in [2.75, 3.05) is 9.80 Å². The van der Waals surface area contributed by atoms with Crippen molar-refractivity contribution in [3.8, 4) is 5.69 Å². The summed E-state index contributed by atoms with van der Waals surface area (Å²) in [6, 6.07) is 50.0. The largest absolute Gasteiger partial charge is 0.454 e. The van der Waals surface area contributed by atoms with E-state index in [1.165, 1.54) is 37.5 Å². The van der Waals surface area contributed by atoms with E-state index in [4.69, 9.17) is 16.0 Å². The first-order valence-electron chi connectivity index (χ1n) is 18.7. The molecule has 10 aromatic rings. The molecule has 0 amide bonds. The van der Waals surface area contributed by atoms with Gasteiger partial charge in [0.2, 0.25) is 0 Å². The van der Waals surface area contributed by atoms with Crippen LogP contribution in [-0.4, -0.2) is 4.57 Å². The van der Waals surface area contributed by atoms with Crippen molar-refractivity contribution in [2.24, 2.45) is 0 Å². The Morgan fingerprint density at radius 1 is 0.600 bits per heavy atom. The second-order valence-electron chi connectivity index (χ2n) is 15.6. The molecule has 7 aromatic carbocycles. The van der Waals surface area contributed by atoms with Crippen LogP contribution in [-0.2, 0) is 5.41 Å². The molecule has 0 aliphatic carbocycles. The quantitative estimate of drug-likeness (QED) is 0.179. The number of aromatic nitrogens is 1. The molecular weight excluding hydrogens is 714 g/mol. The average Bonchev–Trinajstić information content (AvgIpc) is 3.89. The number of nitrogens with zero attached hydrogens (tertiary/aromatic N) is 3. The van der Waals surface area contributed by atoms with E-state index in [1.807, 2.05) is 12.1 Å². The molecule has 6 heteroatoms. The maximum absolute atomic E-state index is 7.95. The van der Waals surface area contributed by atoms with E-state index in [0.717, 1.165) is 67.3 Å². The summed E-state index contributed by atoms with van der Waals surface area (Å²) in [5, 5.41) is 8.72. The van der Waals surface area contributed by atoms with Crippen LogP contribution in [0, 0.1) is 6.92 Å². The predicted molar refractivity (Wildman–Crippen MR) is 235 cm³/mol. The van der Waals surface area contributed by atoms with Gasteiger partial charge < -0.3 is 18.8 Å². The van der Waals surface area contributed by atoms with Gasteiger partial charge in [0, 0.05) is 37.0 Å². The minimum Gasteiger partial charge on any atom is -0.454 e. The lowest BCUT2D eigenvalue weighted by molar-refractivity contribution is 0.591. The molecule has 0 fully saturated rings. The van der Waals surface area contributed by atoms with Crippen molar-refractivity contribution in [3.63, 3.8) is 0 Å². The zero-order valence-corrected chi connectivity index (χ0v) is 32.5. The molecule has 3 aromatic heterocycles. The maximum atomic E-state index is 7.95. The molecular formula is C49H36ClN3OS. The SMILES string of the molecule is Cc1cc(N(c2csc3ccc(C(C)(C)C)cc23)c2cccc3c2oc2ccccc23)c(Cl)c(N2c3ccccc3-n3c4ccccc4c4cccc2c43)c1. The highest BCUT2D eigenvalue weighted by atomic mass is 35.5. The third kappa shape index (κ3) is 4.70. The van der Waals surface area contributed by atoms with Crippen molar-refractivity contribution in [3.05, 3.63) is 161 Å². The van der Waals surface area contributed by atoms with Crippen molar-refractivity contribution in [1.29, 1.82) is 0 Å². The van der Waals surface area contributed by atoms with Crippen LogP contribution in [0.4, 0.5) is 34.1 Å². The molecule has 11 rings (SSSR count). The summed E-state index contributed by atoms with van der Waals surface area (Å²) in [5.74, 6) is 0. The standard InChI is InChI=1S/C49H36ClN3OS/c1-29-25-41(51-37-18-8-9-19-38(37)53-36-17-7-5-13-31(36)33-15-11-20-39(51)47(33)53)46(50)42(26-29)52(43-28-55-45-24-23-30(27-35(43)45)49(2,3)4)40-21-12-16-34-32-14-6-10-22-44(32)54-48(34)40/h5-28H,1-4H3. The minimum atomic E-state index is -0.0176. The lowest BCUT2D eigenvalue weighted by atomic mass is 9.86. The lowest BCUT2D eigenvalue weighted by Crippen LogP contribution is -2.19. The molecule has 0 unspecified atom stereocenters. The van der Waals surface area contributed by atoms with E-state index in [1.54, 1.807) is 11.3 Å². The monoisotopic (exact) mass is 749 g/mol. The molecule has 0 radical (unpaired) electrons. The van der Waals surface area contributed by atoms with Crippen molar-refractivity contribution in [2.45, 2.75) is 33.1 Å². The first-order chi connectivity index (χ1) is 26.8. The smallest absolute Gasteiger partial charge is 0.159 e. The summed E-state index contributed by atoms with van der Waals surface area (Å²) in [5.41, 5.74) is 13.5. The van der Waals surface area contributed by atoms with E-state index in [9.17, 15) is 0 Å². The van der Waals surface area contributed by atoms with Crippen molar-refractivity contribution < 1.29 is 4.42 Å². The van der Waals surface area contributed by atoms with Crippen LogP contribution in [0.2, 0.25) is 5.02 Å². The molecule has 0 spiro atoms. The highest BCUT2D eigenvalue weighted by molar-refractivity contribution is 7.17. The molecule has 0 bridgehead atoms. The van der Waals surface area contributed by atoms with Gasteiger partial charge in [-0.3, -0.25) is 0 Å². The molecule has 4 heterocycles. The number of furan rings is 1. The highest BCUT2D eigenvalue weighted by Crippen LogP contribution is 2.55. The second kappa shape index (κ2) is 11.7. The van der Waals surface area contributed by atoms with Crippen LogP contribution in [0.25, 0.3) is 59.5 Å². The molecule has 1 aliphatic heterocycles. The summed E-state index contributed by atoms with van der Waals surface area (Å²) < 4.78 is 10.4. The Morgan fingerprint density at radius 2 is 1.31 bits per heavy atom. The van der Waals surface area contributed by atoms with Crippen LogP contribution in [0.1, 0.15) is 31.9 Å². The molecule has 0 N–H and O–H groups in total. The zero-order chi connectivity index (χ0) is 37.2. The van der Waals surface area contributed by atoms with Gasteiger partial charge in [0.1, 0.15) is 5.58 Å². The fraction of sp³-hybridized carbons (Fsp3) is 0.102. The Kier molecular flexibility index (Phi) is 6.92. The average molecular weight is 750 g/mol. The first-order valence-corrected chi connectivity index (χ1v) is 20.0. The summed E-state index contributed by atoms with van der Waals surface area (Å²) >= 11 is 9.71. The number of hydrogen-bond acceptors (Lipinski definition) is 4. The lowest BCUT2D eigenvalue weighted by Gasteiger charge is -2.35. The molecule has 4 nitrogen and oxygen atoms in total. The summed E-state index contributed by atoms with van der Waals surface area (Å²) in [6.45, 7) is 8.98. The number of halogens is 1. The third-order valence-electron chi connectivity index (χ3n) is 11.2. The number of aryl methyl sites for hydroxylation is 1. The van der Waals surface area contributed by atoms with Crippen LogP contribution >= 0.6 is 22.9 Å². The number of para-hydroxylation sites is 6. The topological polar surface area (TPSA) is 24.6 Å². The molecule has 0 saturated carbocycles. The molecule has 266 valence electrons. The fourth-order valence-electron chi connectivity index (χ4n) is 8.67. The van der Waals surface area contributed by atoms with E-state index >= 15 is 0 Å². The van der Waals surface area contributed by atoms with Crippen molar-refractivity contribution in [1.82, 2.24) is 4.57 Å². The van der Waals surface area contributed by atoms with E-state index in [-0.39, 0.29) is 5.41 Å². The van der Waals surface area contributed by atoms with E-state index in [0.29, 0.717) is 5.02 Å². The van der Waals surface area contributed by atoms with Gasteiger partial charge in [0.05, 0.1) is 55.9 Å². The molecule has 55 heavy (non-hydrogen) atoms. The van der Waals surface area contributed by atoms with Crippen LogP contribution < -0.4 is 9.80 Å². The van der Waals surface area contributed by atoms with Gasteiger partial charge in [0.15, 0.2) is 5.58 Å². The Morgan fingerprint density at radius 3 is 2.16 bits per heavy atom. The van der Waals surface area contributed by atoms with E-state index in [2.05, 4.69) is 175 Å². The van der Waals surface area contributed by atoms with Crippen LogP contribution in [0.5, 0.6) is 0 Å². The summed E-state index contributed by atoms with van der Waals surface area (Å²) in [6.07, 6.45) is 0. The minimum absolute atomic E-state index is 0.0176. The Labute approximate surface area is 328 Å².